The van der Waals surface area contributed by atoms with E-state index >= 15 is 0 Å². The Balaban J connectivity index is 1.42. The first-order chi connectivity index (χ1) is 19.7. The van der Waals surface area contributed by atoms with E-state index in [0.717, 1.165) is 44.5 Å². The number of nitrogens with one attached hydrogen (secondary N) is 1. The molecule has 1 aliphatic rings. The molecule has 0 radical (unpaired) electrons. The molecular weight excluding hydrogens is 542 g/mol. The van der Waals surface area contributed by atoms with Crippen molar-refractivity contribution in [2.45, 2.75) is 6.92 Å². The van der Waals surface area contributed by atoms with Crippen LogP contribution in [-0.4, -0.2) is 72.5 Å². The van der Waals surface area contributed by atoms with Crippen LogP contribution in [0.25, 0.3) is 11.1 Å². The molecule has 0 unspecified atom stereocenters. The third-order valence-corrected chi connectivity index (χ3v) is 6.90. The van der Waals surface area contributed by atoms with Crippen molar-refractivity contribution < 1.29 is 32.4 Å². The Kier molecular flexibility index (Phi) is 7.66. The Labute approximate surface area is 232 Å². The van der Waals surface area contributed by atoms with E-state index in [1.807, 2.05) is 0 Å². The van der Waals surface area contributed by atoms with Crippen molar-refractivity contribution in [3.05, 3.63) is 69.6 Å². The van der Waals surface area contributed by atoms with Crippen LogP contribution in [0.3, 0.4) is 0 Å². The molecule has 41 heavy (non-hydrogen) atoms. The summed E-state index contributed by atoms with van der Waals surface area (Å²) in [6.07, 6.45) is 1.24. The zero-order chi connectivity index (χ0) is 29.3. The van der Waals surface area contributed by atoms with Gasteiger partial charge in [-0.2, -0.15) is 0 Å². The number of nitro benzene ring substituents is 1. The molecule has 2 aromatic heterocycles. The standard InChI is InChI=1S/C27H26F2N6O6/c1-4-33-7-9-34(10-8-33)15-5-6-16(18(11-15)35(37)38)31-27-30-14-22-17(32-27)12-21(41-22)26(36)23-24(28)19(39-2)13-20(40-3)25(23)29/h5-6,11-14H,4,7-10H2,1-3H3,(H,30,31,32). The summed E-state index contributed by atoms with van der Waals surface area (Å²) in [6.45, 7) is 6.32. The Morgan fingerprint density at radius 3 is 2.39 bits per heavy atom. The number of hydrogen-bond donors (Lipinski definition) is 1. The van der Waals surface area contributed by atoms with Crippen molar-refractivity contribution in [2.24, 2.45) is 0 Å². The molecule has 0 bridgehead atoms. The third-order valence-electron chi connectivity index (χ3n) is 6.90. The molecule has 0 spiro atoms. The summed E-state index contributed by atoms with van der Waals surface area (Å²) in [5, 5.41) is 14.7. The zero-order valence-electron chi connectivity index (χ0n) is 22.4. The molecule has 14 heteroatoms. The minimum absolute atomic E-state index is 0.00915. The van der Waals surface area contributed by atoms with E-state index < -0.39 is 33.7 Å². The first-order valence-corrected chi connectivity index (χ1v) is 12.7. The average molecular weight is 569 g/mol. The van der Waals surface area contributed by atoms with E-state index in [-0.39, 0.29) is 39.9 Å². The van der Waals surface area contributed by atoms with Crippen molar-refractivity contribution in [2.75, 3.05) is 57.2 Å². The van der Waals surface area contributed by atoms with Gasteiger partial charge in [-0.05, 0) is 18.7 Å². The Hall–Kier alpha value is -4.85. The molecule has 1 N–H and O–H groups in total. The molecule has 5 rings (SSSR count). The Morgan fingerprint density at radius 2 is 1.78 bits per heavy atom. The van der Waals surface area contributed by atoms with Crippen molar-refractivity contribution in [3.8, 4) is 11.5 Å². The predicted octanol–water partition coefficient (Wildman–Crippen LogP) is 4.54. The summed E-state index contributed by atoms with van der Waals surface area (Å²) in [5.41, 5.74) is 0.0161. The number of hydrogen-bond acceptors (Lipinski definition) is 11. The van der Waals surface area contributed by atoms with E-state index in [9.17, 15) is 23.7 Å². The van der Waals surface area contributed by atoms with Gasteiger partial charge in [0.2, 0.25) is 11.7 Å². The number of methoxy groups -OCH3 is 2. The summed E-state index contributed by atoms with van der Waals surface area (Å²) in [4.78, 5) is 37.2. The fourth-order valence-corrected chi connectivity index (χ4v) is 4.63. The van der Waals surface area contributed by atoms with Gasteiger partial charge in [0.15, 0.2) is 34.5 Å². The van der Waals surface area contributed by atoms with Gasteiger partial charge in [0.25, 0.3) is 5.69 Å². The topological polar surface area (TPSA) is 136 Å². The van der Waals surface area contributed by atoms with Gasteiger partial charge in [0.05, 0.1) is 25.3 Å². The smallest absolute Gasteiger partial charge is 0.294 e. The lowest BCUT2D eigenvalue weighted by molar-refractivity contribution is -0.383. The maximum absolute atomic E-state index is 14.9. The second-order valence-corrected chi connectivity index (χ2v) is 9.17. The minimum Gasteiger partial charge on any atom is -0.494 e. The Bertz CT molecular complexity index is 1610. The number of anilines is 3. The lowest BCUT2D eigenvalue weighted by atomic mass is 10.1. The van der Waals surface area contributed by atoms with Gasteiger partial charge in [0, 0.05) is 50.1 Å². The van der Waals surface area contributed by atoms with Gasteiger partial charge in [-0.25, -0.2) is 18.7 Å². The molecule has 1 saturated heterocycles. The largest absolute Gasteiger partial charge is 0.494 e. The number of likely N-dealkylation sites (N-methyl/N-ethyl adjacent to an activating group) is 1. The number of nitro groups is 1. The van der Waals surface area contributed by atoms with Crippen molar-refractivity contribution in [1.29, 1.82) is 0 Å². The number of furan rings is 1. The van der Waals surface area contributed by atoms with E-state index in [2.05, 4.69) is 32.0 Å². The number of halogens is 2. The summed E-state index contributed by atoms with van der Waals surface area (Å²) in [5.74, 6) is -4.71. The maximum Gasteiger partial charge on any atom is 0.294 e. The molecule has 0 saturated carbocycles. The molecule has 0 aliphatic carbocycles. The fourth-order valence-electron chi connectivity index (χ4n) is 4.63. The second kappa shape index (κ2) is 11.3. The van der Waals surface area contributed by atoms with Crippen LogP contribution in [0.15, 0.2) is 40.9 Å². The number of ketones is 1. The molecule has 214 valence electrons. The van der Waals surface area contributed by atoms with Crippen molar-refractivity contribution in [3.63, 3.8) is 0 Å². The van der Waals surface area contributed by atoms with Crippen LogP contribution in [0.4, 0.5) is 31.8 Å². The van der Waals surface area contributed by atoms with Crippen LogP contribution in [0.2, 0.25) is 0 Å². The number of benzene rings is 2. The minimum atomic E-state index is -1.22. The van der Waals surface area contributed by atoms with Crippen LogP contribution >= 0.6 is 0 Å². The summed E-state index contributed by atoms with van der Waals surface area (Å²) < 4.78 is 45.0. The molecule has 4 aromatic rings. The molecule has 1 aliphatic heterocycles. The number of ether oxygens (including phenoxy) is 2. The third kappa shape index (κ3) is 5.33. The maximum atomic E-state index is 14.9. The number of aromatic nitrogens is 2. The Morgan fingerprint density at radius 1 is 1.10 bits per heavy atom. The van der Waals surface area contributed by atoms with Gasteiger partial charge in [-0.15, -0.1) is 0 Å². The van der Waals surface area contributed by atoms with Crippen LogP contribution in [-0.2, 0) is 0 Å². The predicted molar refractivity (Wildman–Crippen MR) is 145 cm³/mol. The molecule has 3 heterocycles. The average Bonchev–Trinajstić information content (AvgIpc) is 3.41. The molecule has 12 nitrogen and oxygen atoms in total. The van der Waals surface area contributed by atoms with Crippen LogP contribution < -0.4 is 19.7 Å². The van der Waals surface area contributed by atoms with E-state index in [0.29, 0.717) is 0 Å². The summed E-state index contributed by atoms with van der Waals surface area (Å²) >= 11 is 0. The normalized spacial score (nSPS) is 13.8. The van der Waals surface area contributed by atoms with Gasteiger partial charge >= 0.3 is 0 Å². The molecule has 2 aromatic carbocycles. The SMILES string of the molecule is CCN1CCN(c2ccc(Nc3ncc4oc(C(=O)c5c(F)c(OC)cc(OC)c5F)cc4n3)c([N+](=O)[O-])c2)CC1. The quantitative estimate of drug-likeness (QED) is 0.173. The van der Waals surface area contributed by atoms with E-state index in [4.69, 9.17) is 13.9 Å². The highest BCUT2D eigenvalue weighted by Crippen LogP contribution is 2.34. The van der Waals surface area contributed by atoms with Gasteiger partial charge in [-0.3, -0.25) is 14.9 Å². The molecule has 1 fully saturated rings. The fraction of sp³-hybridized carbons (Fsp3) is 0.296. The van der Waals surface area contributed by atoms with Gasteiger partial charge in [-0.1, -0.05) is 6.92 Å². The zero-order valence-corrected chi connectivity index (χ0v) is 22.4. The van der Waals surface area contributed by atoms with Crippen LogP contribution in [0, 0.1) is 21.7 Å². The van der Waals surface area contributed by atoms with Crippen molar-refractivity contribution in [1.82, 2.24) is 14.9 Å². The first kappa shape index (κ1) is 27.7. The first-order valence-electron chi connectivity index (χ1n) is 12.7. The van der Waals surface area contributed by atoms with Crippen LogP contribution in [0.1, 0.15) is 23.0 Å². The number of carbonyl (C=O) groups is 1. The van der Waals surface area contributed by atoms with E-state index in [1.54, 1.807) is 12.1 Å². The molecule has 0 atom stereocenters. The highest BCUT2D eigenvalue weighted by atomic mass is 19.1. The van der Waals surface area contributed by atoms with Gasteiger partial charge in [0.1, 0.15) is 16.8 Å². The van der Waals surface area contributed by atoms with Crippen molar-refractivity contribution >= 4 is 39.9 Å². The number of nitrogens with zero attached hydrogens (tertiary/aromatic N) is 5. The second-order valence-electron chi connectivity index (χ2n) is 9.17. The van der Waals surface area contributed by atoms with E-state index in [1.165, 1.54) is 32.5 Å². The lowest BCUT2D eigenvalue weighted by Crippen LogP contribution is -2.46. The summed E-state index contributed by atoms with van der Waals surface area (Å²) in [6, 6.07) is 7.06. The monoisotopic (exact) mass is 568 g/mol. The highest BCUT2D eigenvalue weighted by Gasteiger charge is 2.29. The number of piperazine rings is 1. The molecule has 0 amide bonds. The highest BCUT2D eigenvalue weighted by molar-refractivity contribution is 6.09. The van der Waals surface area contributed by atoms with Crippen LogP contribution in [0.5, 0.6) is 11.5 Å². The number of carbonyl (C=O) groups excluding carboxylic acids is 1. The molecular formula is C27H26F2N6O6. The number of rotatable bonds is 9. The van der Waals surface area contributed by atoms with Gasteiger partial charge < -0.3 is 29.0 Å². The lowest BCUT2D eigenvalue weighted by Gasteiger charge is -2.35. The number of fused-ring (bicyclic) bond motifs is 1. The summed E-state index contributed by atoms with van der Waals surface area (Å²) in [7, 11) is 2.33.